The third-order valence-corrected chi connectivity index (χ3v) is 6.10. The Bertz CT molecular complexity index is 1330. The summed E-state index contributed by atoms with van der Waals surface area (Å²) in [7, 11) is 0. The maximum atomic E-state index is 12.8. The number of hydrogen-bond acceptors (Lipinski definition) is 4. The van der Waals surface area contributed by atoms with Gasteiger partial charge in [0.1, 0.15) is 5.75 Å². The summed E-state index contributed by atoms with van der Waals surface area (Å²) < 4.78 is 5.95. The molecule has 3 N–H and O–H groups in total. The average molecular weight is 508 g/mol. The van der Waals surface area contributed by atoms with E-state index in [0.29, 0.717) is 29.3 Å². The van der Waals surface area contributed by atoms with Crippen LogP contribution in [0.5, 0.6) is 5.75 Å². The first kappa shape index (κ1) is 26.5. The lowest BCUT2D eigenvalue weighted by molar-refractivity contribution is -0.114. The van der Waals surface area contributed by atoms with Gasteiger partial charge < -0.3 is 20.7 Å². The number of hydrogen-bond donors (Lipinski definition) is 3. The molecule has 0 saturated carbocycles. The molecule has 0 aliphatic carbocycles. The van der Waals surface area contributed by atoms with Crippen LogP contribution in [0.4, 0.5) is 11.4 Å². The molecule has 0 saturated heterocycles. The van der Waals surface area contributed by atoms with Crippen LogP contribution in [0.15, 0.2) is 109 Å². The molecule has 0 aromatic heterocycles. The third kappa shape index (κ3) is 7.96. The van der Waals surface area contributed by atoms with E-state index in [1.807, 2.05) is 85.8 Å². The zero-order valence-electron chi connectivity index (χ0n) is 21.5. The molecule has 0 aliphatic heterocycles. The van der Waals surface area contributed by atoms with Gasteiger partial charge in [0.2, 0.25) is 5.91 Å². The lowest BCUT2D eigenvalue weighted by Gasteiger charge is -2.15. The van der Waals surface area contributed by atoms with Gasteiger partial charge in [-0.3, -0.25) is 9.59 Å². The van der Waals surface area contributed by atoms with Crippen molar-refractivity contribution >= 4 is 23.2 Å². The van der Waals surface area contributed by atoms with E-state index in [-0.39, 0.29) is 24.4 Å². The van der Waals surface area contributed by atoms with E-state index in [1.165, 1.54) is 5.56 Å². The fourth-order valence-electron chi connectivity index (χ4n) is 4.05. The van der Waals surface area contributed by atoms with E-state index < -0.39 is 0 Å². The first-order valence-corrected chi connectivity index (χ1v) is 12.8. The molecule has 0 radical (unpaired) electrons. The van der Waals surface area contributed by atoms with Crippen LogP contribution in [-0.4, -0.2) is 25.0 Å². The number of nitrogens with one attached hydrogen (secondary N) is 3. The molecule has 2 amide bonds. The number of ether oxygens (including phenoxy) is 1. The maximum absolute atomic E-state index is 12.8. The van der Waals surface area contributed by atoms with Crippen LogP contribution in [0.1, 0.15) is 40.9 Å². The summed E-state index contributed by atoms with van der Waals surface area (Å²) >= 11 is 0. The van der Waals surface area contributed by atoms with Crippen LogP contribution in [-0.2, 0) is 11.2 Å². The summed E-state index contributed by atoms with van der Waals surface area (Å²) in [5.74, 6) is 0.255. The molecule has 1 unspecified atom stereocenters. The van der Waals surface area contributed by atoms with Crippen molar-refractivity contribution in [2.45, 2.75) is 25.8 Å². The number of anilines is 2. The number of amides is 2. The Morgan fingerprint density at radius 1 is 0.816 bits per heavy atom. The standard InChI is InChI=1S/C32H33N3O3/c1-24(26-15-6-3-7-16-26)34-32(37)27-17-10-18-28(22-27)33-23-31(36)35-29-19-8-9-20-30(29)38-21-11-14-25-12-4-2-5-13-25/h2-10,12-13,15-20,22,24,33H,11,14,21,23H2,1H3,(H,34,37)(H,35,36). The molecule has 38 heavy (non-hydrogen) atoms. The topological polar surface area (TPSA) is 79.5 Å². The highest BCUT2D eigenvalue weighted by Crippen LogP contribution is 2.24. The van der Waals surface area contributed by atoms with Crippen molar-refractivity contribution in [3.63, 3.8) is 0 Å². The smallest absolute Gasteiger partial charge is 0.251 e. The van der Waals surface area contributed by atoms with Crippen molar-refractivity contribution in [3.05, 3.63) is 126 Å². The monoisotopic (exact) mass is 507 g/mol. The van der Waals surface area contributed by atoms with Crippen molar-refractivity contribution in [1.29, 1.82) is 0 Å². The number of benzene rings is 4. The van der Waals surface area contributed by atoms with Crippen LogP contribution < -0.4 is 20.7 Å². The normalized spacial score (nSPS) is 11.3. The Morgan fingerprint density at radius 3 is 2.32 bits per heavy atom. The van der Waals surface area contributed by atoms with Gasteiger partial charge in [0.05, 0.1) is 24.9 Å². The molecule has 0 spiro atoms. The Labute approximate surface area is 224 Å². The highest BCUT2D eigenvalue weighted by atomic mass is 16.5. The van der Waals surface area contributed by atoms with Crippen LogP contribution in [0, 0.1) is 0 Å². The quantitative estimate of drug-likeness (QED) is 0.198. The Balaban J connectivity index is 1.26. The molecule has 0 fully saturated rings. The summed E-state index contributed by atoms with van der Waals surface area (Å²) in [5, 5.41) is 9.03. The van der Waals surface area contributed by atoms with Crippen LogP contribution in [0.2, 0.25) is 0 Å². The summed E-state index contributed by atoms with van der Waals surface area (Å²) in [6.45, 7) is 2.55. The minimum atomic E-state index is -0.210. The minimum Gasteiger partial charge on any atom is -0.491 e. The Hall–Kier alpha value is -4.58. The average Bonchev–Trinajstić information content (AvgIpc) is 2.96. The van der Waals surface area contributed by atoms with E-state index >= 15 is 0 Å². The van der Waals surface area contributed by atoms with Gasteiger partial charge in [-0.05, 0) is 61.2 Å². The summed E-state index contributed by atoms with van der Waals surface area (Å²) in [4.78, 5) is 25.4. The van der Waals surface area contributed by atoms with Gasteiger partial charge >= 0.3 is 0 Å². The minimum absolute atomic E-state index is 0.0494. The SMILES string of the molecule is CC(NC(=O)c1cccc(NCC(=O)Nc2ccccc2OCCCc2ccccc2)c1)c1ccccc1. The van der Waals surface area contributed by atoms with Gasteiger partial charge in [0, 0.05) is 11.3 Å². The first-order chi connectivity index (χ1) is 18.6. The lowest BCUT2D eigenvalue weighted by atomic mass is 10.1. The van der Waals surface area contributed by atoms with Gasteiger partial charge in [-0.1, -0.05) is 78.9 Å². The van der Waals surface area contributed by atoms with Gasteiger partial charge in [-0.15, -0.1) is 0 Å². The van der Waals surface area contributed by atoms with Crippen LogP contribution in [0.3, 0.4) is 0 Å². The second kappa shape index (κ2) is 13.7. The van der Waals surface area contributed by atoms with Crippen molar-refractivity contribution < 1.29 is 14.3 Å². The van der Waals surface area contributed by atoms with Crippen LogP contribution in [0.25, 0.3) is 0 Å². The van der Waals surface area contributed by atoms with Gasteiger partial charge in [-0.2, -0.15) is 0 Å². The fourth-order valence-corrected chi connectivity index (χ4v) is 4.05. The van der Waals surface area contributed by atoms with E-state index in [2.05, 4.69) is 28.1 Å². The number of carbonyl (C=O) groups is 2. The molecular weight excluding hydrogens is 474 g/mol. The second-order valence-electron chi connectivity index (χ2n) is 9.02. The molecule has 194 valence electrons. The summed E-state index contributed by atoms with van der Waals surface area (Å²) in [6.07, 6.45) is 1.81. The van der Waals surface area contributed by atoms with E-state index in [4.69, 9.17) is 4.74 Å². The van der Waals surface area contributed by atoms with E-state index in [1.54, 1.807) is 18.2 Å². The Kier molecular flexibility index (Phi) is 9.51. The third-order valence-electron chi connectivity index (χ3n) is 6.10. The van der Waals surface area contributed by atoms with Crippen LogP contribution >= 0.6 is 0 Å². The van der Waals surface area contributed by atoms with Gasteiger partial charge in [0.15, 0.2) is 0 Å². The molecule has 6 heteroatoms. The van der Waals surface area contributed by atoms with E-state index in [9.17, 15) is 9.59 Å². The zero-order chi connectivity index (χ0) is 26.6. The largest absolute Gasteiger partial charge is 0.491 e. The summed E-state index contributed by atoms with van der Waals surface area (Å²) in [6, 6.07) is 34.5. The molecule has 4 aromatic carbocycles. The van der Waals surface area contributed by atoms with E-state index in [0.717, 1.165) is 18.4 Å². The van der Waals surface area contributed by atoms with Gasteiger partial charge in [0.25, 0.3) is 5.91 Å². The molecular formula is C32H33N3O3. The Morgan fingerprint density at radius 2 is 1.53 bits per heavy atom. The number of aryl methyl sites for hydroxylation is 1. The second-order valence-corrected chi connectivity index (χ2v) is 9.02. The number of para-hydroxylation sites is 2. The summed E-state index contributed by atoms with van der Waals surface area (Å²) in [5.41, 5.74) is 4.14. The van der Waals surface area contributed by atoms with Crippen molar-refractivity contribution in [3.8, 4) is 5.75 Å². The first-order valence-electron chi connectivity index (χ1n) is 12.8. The molecule has 0 bridgehead atoms. The molecule has 1 atom stereocenters. The highest BCUT2D eigenvalue weighted by molar-refractivity contribution is 5.97. The zero-order valence-corrected chi connectivity index (χ0v) is 21.5. The molecule has 4 rings (SSSR count). The van der Waals surface area contributed by atoms with Crippen molar-refractivity contribution in [1.82, 2.24) is 5.32 Å². The molecule has 6 nitrogen and oxygen atoms in total. The fraction of sp³-hybridized carbons (Fsp3) is 0.188. The predicted molar refractivity (Wildman–Crippen MR) is 153 cm³/mol. The van der Waals surface area contributed by atoms with Crippen molar-refractivity contribution in [2.75, 3.05) is 23.8 Å². The van der Waals surface area contributed by atoms with Crippen molar-refractivity contribution in [2.24, 2.45) is 0 Å². The lowest BCUT2D eigenvalue weighted by Crippen LogP contribution is -2.27. The molecule has 0 aliphatic rings. The van der Waals surface area contributed by atoms with Gasteiger partial charge in [-0.25, -0.2) is 0 Å². The number of rotatable bonds is 12. The number of carbonyl (C=O) groups excluding carboxylic acids is 2. The molecule has 4 aromatic rings. The molecule has 0 heterocycles. The maximum Gasteiger partial charge on any atom is 0.251 e. The predicted octanol–water partition coefficient (Wildman–Crippen LogP) is 6.24. The highest BCUT2D eigenvalue weighted by Gasteiger charge is 2.12.